The molecular formula is C25H28N4O2. The average Bonchev–Trinajstić information content (AvgIpc) is 3.17. The second-order valence-corrected chi connectivity index (χ2v) is 7.73. The SMILES string of the molecule is CCN(CC(=O)Nc1ccc(C(=O)N2CCCCc3[nH]ccc32)cc1)c1ccccc1. The first kappa shape index (κ1) is 20.7. The van der Waals surface area contributed by atoms with Gasteiger partial charge < -0.3 is 20.1 Å². The Kier molecular flexibility index (Phi) is 6.36. The number of para-hydroxylation sites is 1. The van der Waals surface area contributed by atoms with Crippen LogP contribution < -0.4 is 15.1 Å². The molecule has 0 fully saturated rings. The fourth-order valence-corrected chi connectivity index (χ4v) is 4.00. The molecule has 0 saturated heterocycles. The van der Waals surface area contributed by atoms with Gasteiger partial charge in [0, 0.05) is 41.9 Å². The number of carbonyl (C=O) groups excluding carboxylic acids is 2. The first-order valence-corrected chi connectivity index (χ1v) is 10.8. The number of amides is 2. The zero-order valence-electron chi connectivity index (χ0n) is 17.8. The lowest BCUT2D eigenvalue weighted by molar-refractivity contribution is -0.115. The standard InChI is InChI=1S/C25H28N4O2/c1-2-28(21-8-4-3-5-9-21)18-24(30)27-20-13-11-19(12-14-20)25(31)29-17-7-6-10-22-23(29)15-16-26-22/h3-5,8-9,11-16,26H,2,6-7,10,17-18H2,1H3,(H,27,30). The topological polar surface area (TPSA) is 68.4 Å². The minimum absolute atomic E-state index is 0.0122. The van der Waals surface area contributed by atoms with E-state index in [2.05, 4.69) is 10.3 Å². The quantitative estimate of drug-likeness (QED) is 0.623. The number of aryl methyl sites for hydroxylation is 1. The largest absolute Gasteiger partial charge is 0.363 e. The number of anilines is 3. The van der Waals surface area contributed by atoms with Crippen LogP contribution in [-0.2, 0) is 11.2 Å². The second kappa shape index (κ2) is 9.51. The van der Waals surface area contributed by atoms with Crippen molar-refractivity contribution < 1.29 is 9.59 Å². The van der Waals surface area contributed by atoms with Crippen LogP contribution in [0.2, 0.25) is 0 Å². The Morgan fingerprint density at radius 2 is 1.81 bits per heavy atom. The van der Waals surface area contributed by atoms with Crippen LogP contribution in [-0.4, -0.2) is 36.4 Å². The van der Waals surface area contributed by atoms with Crippen molar-refractivity contribution >= 4 is 28.9 Å². The Balaban J connectivity index is 1.40. The van der Waals surface area contributed by atoms with Gasteiger partial charge >= 0.3 is 0 Å². The number of aromatic amines is 1. The van der Waals surface area contributed by atoms with E-state index in [4.69, 9.17) is 0 Å². The monoisotopic (exact) mass is 416 g/mol. The van der Waals surface area contributed by atoms with Crippen molar-refractivity contribution in [2.75, 3.05) is 34.8 Å². The van der Waals surface area contributed by atoms with E-state index in [1.165, 1.54) is 0 Å². The molecule has 2 amide bonds. The number of carbonyl (C=O) groups is 2. The summed E-state index contributed by atoms with van der Waals surface area (Å²) in [5.41, 5.74) is 4.41. The van der Waals surface area contributed by atoms with Crippen LogP contribution in [0.4, 0.5) is 17.1 Å². The molecule has 2 heterocycles. The van der Waals surface area contributed by atoms with Crippen molar-refractivity contribution in [2.24, 2.45) is 0 Å². The Morgan fingerprint density at radius 3 is 2.55 bits per heavy atom. The third kappa shape index (κ3) is 4.79. The lowest BCUT2D eigenvalue weighted by atomic mass is 10.1. The van der Waals surface area contributed by atoms with Gasteiger partial charge in [-0.2, -0.15) is 0 Å². The van der Waals surface area contributed by atoms with Gasteiger partial charge in [0.25, 0.3) is 5.91 Å². The van der Waals surface area contributed by atoms with Crippen molar-refractivity contribution in [3.8, 4) is 0 Å². The lowest BCUT2D eigenvalue weighted by Gasteiger charge is -2.22. The number of nitrogens with zero attached hydrogens (tertiary/aromatic N) is 2. The number of benzene rings is 2. The van der Waals surface area contributed by atoms with Gasteiger partial charge in [0.05, 0.1) is 12.2 Å². The highest BCUT2D eigenvalue weighted by Gasteiger charge is 2.23. The predicted molar refractivity (Wildman–Crippen MR) is 125 cm³/mol. The molecule has 6 heteroatoms. The Labute approximate surface area is 182 Å². The molecule has 0 atom stereocenters. The molecule has 1 aliphatic rings. The normalized spacial score (nSPS) is 13.3. The number of nitrogens with one attached hydrogen (secondary N) is 2. The molecule has 0 radical (unpaired) electrons. The molecule has 3 aromatic rings. The third-order valence-corrected chi connectivity index (χ3v) is 5.66. The minimum Gasteiger partial charge on any atom is -0.363 e. The van der Waals surface area contributed by atoms with Crippen LogP contribution in [0.5, 0.6) is 0 Å². The van der Waals surface area contributed by atoms with Gasteiger partial charge in [-0.05, 0) is 68.7 Å². The maximum Gasteiger partial charge on any atom is 0.258 e. The fourth-order valence-electron chi connectivity index (χ4n) is 4.00. The molecule has 2 aromatic carbocycles. The molecular weight excluding hydrogens is 388 g/mol. The summed E-state index contributed by atoms with van der Waals surface area (Å²) in [4.78, 5) is 32.8. The number of aromatic nitrogens is 1. The van der Waals surface area contributed by atoms with Gasteiger partial charge in [-0.3, -0.25) is 9.59 Å². The van der Waals surface area contributed by atoms with Crippen LogP contribution in [0.1, 0.15) is 35.8 Å². The van der Waals surface area contributed by atoms with Crippen molar-refractivity contribution in [3.05, 3.63) is 78.1 Å². The van der Waals surface area contributed by atoms with E-state index in [1.54, 1.807) is 24.3 Å². The number of H-pyrrole nitrogens is 1. The van der Waals surface area contributed by atoms with E-state index in [-0.39, 0.29) is 18.4 Å². The molecule has 0 spiro atoms. The molecule has 6 nitrogen and oxygen atoms in total. The summed E-state index contributed by atoms with van der Waals surface area (Å²) in [6.07, 6.45) is 4.91. The van der Waals surface area contributed by atoms with Gasteiger partial charge in [-0.1, -0.05) is 18.2 Å². The molecule has 0 unspecified atom stereocenters. The molecule has 1 aliphatic heterocycles. The van der Waals surface area contributed by atoms with E-state index < -0.39 is 0 Å². The highest BCUT2D eigenvalue weighted by atomic mass is 16.2. The first-order valence-electron chi connectivity index (χ1n) is 10.8. The summed E-state index contributed by atoms with van der Waals surface area (Å²) in [7, 11) is 0. The van der Waals surface area contributed by atoms with Crippen LogP contribution in [0.15, 0.2) is 66.9 Å². The van der Waals surface area contributed by atoms with Crippen molar-refractivity contribution in [1.29, 1.82) is 0 Å². The minimum atomic E-state index is -0.0886. The molecule has 0 bridgehead atoms. The number of rotatable bonds is 6. The molecule has 31 heavy (non-hydrogen) atoms. The Morgan fingerprint density at radius 1 is 1.03 bits per heavy atom. The zero-order valence-corrected chi connectivity index (χ0v) is 17.8. The van der Waals surface area contributed by atoms with Gasteiger partial charge in [0.1, 0.15) is 0 Å². The van der Waals surface area contributed by atoms with E-state index in [9.17, 15) is 9.59 Å². The highest BCUT2D eigenvalue weighted by Crippen LogP contribution is 2.27. The van der Waals surface area contributed by atoms with Crippen molar-refractivity contribution in [2.45, 2.75) is 26.2 Å². The summed E-state index contributed by atoms with van der Waals surface area (Å²) in [5.74, 6) is -0.101. The van der Waals surface area contributed by atoms with Gasteiger partial charge in [-0.25, -0.2) is 0 Å². The van der Waals surface area contributed by atoms with E-state index in [1.807, 2.05) is 59.3 Å². The van der Waals surface area contributed by atoms with Crippen LogP contribution in [0, 0.1) is 0 Å². The highest BCUT2D eigenvalue weighted by molar-refractivity contribution is 6.07. The van der Waals surface area contributed by atoms with E-state index in [0.717, 1.165) is 42.9 Å². The molecule has 1 aromatic heterocycles. The lowest BCUT2D eigenvalue weighted by Crippen LogP contribution is -2.33. The summed E-state index contributed by atoms with van der Waals surface area (Å²) < 4.78 is 0. The van der Waals surface area contributed by atoms with Gasteiger partial charge in [0.2, 0.25) is 5.91 Å². The molecule has 160 valence electrons. The van der Waals surface area contributed by atoms with Crippen LogP contribution >= 0.6 is 0 Å². The fraction of sp³-hybridized carbons (Fsp3) is 0.280. The molecule has 2 N–H and O–H groups in total. The Bertz CT molecular complexity index is 1030. The van der Waals surface area contributed by atoms with Gasteiger partial charge in [-0.15, -0.1) is 0 Å². The Hall–Kier alpha value is -3.54. The van der Waals surface area contributed by atoms with E-state index >= 15 is 0 Å². The summed E-state index contributed by atoms with van der Waals surface area (Å²) in [5, 5.41) is 2.93. The molecule has 0 saturated carbocycles. The summed E-state index contributed by atoms with van der Waals surface area (Å²) in [6.45, 7) is 3.75. The van der Waals surface area contributed by atoms with Crippen molar-refractivity contribution in [1.82, 2.24) is 4.98 Å². The zero-order chi connectivity index (χ0) is 21.6. The molecule has 0 aliphatic carbocycles. The first-order chi connectivity index (χ1) is 15.2. The average molecular weight is 417 g/mol. The van der Waals surface area contributed by atoms with Crippen molar-refractivity contribution in [3.63, 3.8) is 0 Å². The number of hydrogen-bond donors (Lipinski definition) is 2. The van der Waals surface area contributed by atoms with E-state index in [0.29, 0.717) is 17.8 Å². The smallest absolute Gasteiger partial charge is 0.258 e. The number of likely N-dealkylation sites (N-methyl/N-ethyl adjacent to an activating group) is 1. The predicted octanol–water partition coefficient (Wildman–Crippen LogP) is 4.46. The van der Waals surface area contributed by atoms with Crippen LogP contribution in [0.25, 0.3) is 0 Å². The third-order valence-electron chi connectivity index (χ3n) is 5.66. The summed E-state index contributed by atoms with van der Waals surface area (Å²) in [6, 6.07) is 19.0. The van der Waals surface area contributed by atoms with Crippen LogP contribution in [0.3, 0.4) is 0 Å². The summed E-state index contributed by atoms with van der Waals surface area (Å²) >= 11 is 0. The van der Waals surface area contributed by atoms with Gasteiger partial charge in [0.15, 0.2) is 0 Å². The molecule has 4 rings (SSSR count). The number of fused-ring (bicyclic) bond motifs is 1. The second-order valence-electron chi connectivity index (χ2n) is 7.73. The maximum absolute atomic E-state index is 13.1. The number of hydrogen-bond acceptors (Lipinski definition) is 3. The maximum atomic E-state index is 13.1.